The van der Waals surface area contributed by atoms with Gasteiger partial charge in [0, 0.05) is 5.56 Å². The molecule has 0 unspecified atom stereocenters. The third kappa shape index (κ3) is 2.72. The van der Waals surface area contributed by atoms with E-state index in [9.17, 15) is 4.79 Å². The van der Waals surface area contributed by atoms with Crippen LogP contribution < -0.4 is 18.1 Å². The number of carbonyl (C=O) groups is 1. The van der Waals surface area contributed by atoms with Crippen LogP contribution in [0.5, 0.6) is 0 Å². The van der Waals surface area contributed by atoms with Crippen LogP contribution in [0, 0.1) is 6.92 Å². The van der Waals surface area contributed by atoms with E-state index < -0.39 is 6.04 Å². The molecule has 0 spiro atoms. The van der Waals surface area contributed by atoms with Crippen molar-refractivity contribution in [3.8, 4) is 0 Å². The molecule has 0 bridgehead atoms. The fraction of sp³-hybridized carbons (Fsp3) is 0.300. The van der Waals surface area contributed by atoms with Gasteiger partial charge in [0.1, 0.15) is 0 Å². The summed E-state index contributed by atoms with van der Waals surface area (Å²) in [5, 5.41) is 0. The van der Waals surface area contributed by atoms with Crippen LogP contribution in [-0.2, 0) is 9.53 Å². The molecule has 3 N–H and O–H groups in total. The van der Waals surface area contributed by atoms with E-state index in [1.165, 1.54) is 7.11 Å². The molecule has 4 heteroatoms. The van der Waals surface area contributed by atoms with Gasteiger partial charge in [-0.1, -0.05) is 24.3 Å². The van der Waals surface area contributed by atoms with Crippen LogP contribution in [0.1, 0.15) is 17.2 Å². The molecule has 0 saturated heterocycles. The van der Waals surface area contributed by atoms with Gasteiger partial charge in [-0.2, -0.15) is 0 Å². The van der Waals surface area contributed by atoms with Crippen LogP contribution in [0.2, 0.25) is 0 Å². The average Bonchev–Trinajstić information content (AvgIpc) is 2.16. The summed E-state index contributed by atoms with van der Waals surface area (Å²) >= 11 is 0. The zero-order chi connectivity index (χ0) is 9.84. The summed E-state index contributed by atoms with van der Waals surface area (Å²) in [6.45, 7) is 1.95. The molecule has 0 aromatic heterocycles. The lowest BCUT2D eigenvalue weighted by molar-refractivity contribution is -0.414. The number of methoxy groups -OCH3 is 1. The summed E-state index contributed by atoms with van der Waals surface area (Å²) in [5.41, 5.74) is 5.75. The Labute approximate surface area is 89.7 Å². The molecule has 1 rings (SSSR count). The average molecular weight is 216 g/mol. The molecule has 1 atom stereocenters. The van der Waals surface area contributed by atoms with Gasteiger partial charge in [0.25, 0.3) is 0 Å². The Bertz CT molecular complexity index is 315. The second kappa shape index (κ2) is 5.62. The number of hydrogen-bond donors (Lipinski definition) is 1. The number of esters is 1. The number of halogens is 1. The second-order valence-electron chi connectivity index (χ2n) is 2.93. The predicted molar refractivity (Wildman–Crippen MR) is 48.8 cm³/mol. The van der Waals surface area contributed by atoms with Crippen molar-refractivity contribution in [2.45, 2.75) is 13.0 Å². The minimum absolute atomic E-state index is 0. The van der Waals surface area contributed by atoms with Gasteiger partial charge in [-0.3, -0.25) is 0 Å². The van der Waals surface area contributed by atoms with E-state index in [0.717, 1.165) is 11.1 Å². The summed E-state index contributed by atoms with van der Waals surface area (Å²) in [6.07, 6.45) is 0. The highest BCUT2D eigenvalue weighted by Crippen LogP contribution is 2.14. The van der Waals surface area contributed by atoms with Crippen LogP contribution >= 0.6 is 0 Å². The summed E-state index contributed by atoms with van der Waals surface area (Å²) in [7, 11) is 1.37. The minimum atomic E-state index is -0.425. The molecule has 0 aliphatic rings. The molecule has 0 aliphatic carbocycles. The summed E-state index contributed by atoms with van der Waals surface area (Å²) in [6, 6.07) is 7.25. The Kier molecular flexibility index (Phi) is 5.20. The van der Waals surface area contributed by atoms with Gasteiger partial charge >= 0.3 is 5.97 Å². The molecule has 0 heterocycles. The fourth-order valence-corrected chi connectivity index (χ4v) is 1.25. The van der Waals surface area contributed by atoms with Crippen molar-refractivity contribution in [3.63, 3.8) is 0 Å². The molecule has 0 radical (unpaired) electrons. The molecule has 14 heavy (non-hydrogen) atoms. The molecule has 1 aromatic carbocycles. The van der Waals surface area contributed by atoms with Crippen molar-refractivity contribution in [1.82, 2.24) is 0 Å². The standard InChI is InChI=1S/C10H13NO2.ClH/c1-7-5-3-4-6-8(7)9(11)10(12)13-2;/h3-6,9H,11H2,1-2H3;1H/t9-;/m0./s1. The number of quaternary nitrogens is 1. The third-order valence-corrected chi connectivity index (χ3v) is 2.05. The van der Waals surface area contributed by atoms with Crippen LogP contribution in [0.4, 0.5) is 0 Å². The Hall–Kier alpha value is -1.06. The predicted octanol–water partition coefficient (Wildman–Crippen LogP) is -2.54. The number of ether oxygens (including phenoxy) is 1. The topological polar surface area (TPSA) is 53.9 Å². The smallest absolute Gasteiger partial charge is 0.369 e. The van der Waals surface area contributed by atoms with Crippen LogP contribution in [0.25, 0.3) is 0 Å². The summed E-state index contributed by atoms with van der Waals surface area (Å²) in [4.78, 5) is 11.2. The summed E-state index contributed by atoms with van der Waals surface area (Å²) < 4.78 is 4.62. The summed E-state index contributed by atoms with van der Waals surface area (Å²) in [5.74, 6) is -0.297. The van der Waals surface area contributed by atoms with Gasteiger partial charge in [-0.15, -0.1) is 0 Å². The molecule has 0 saturated carbocycles. The number of rotatable bonds is 2. The Morgan fingerprint density at radius 3 is 2.50 bits per heavy atom. The van der Waals surface area contributed by atoms with E-state index in [2.05, 4.69) is 10.5 Å². The fourth-order valence-electron chi connectivity index (χ4n) is 1.25. The molecular weight excluding hydrogens is 202 g/mol. The van der Waals surface area contributed by atoms with E-state index in [1.807, 2.05) is 31.2 Å². The molecule has 0 amide bonds. The van der Waals surface area contributed by atoms with Gasteiger partial charge < -0.3 is 22.9 Å². The van der Waals surface area contributed by atoms with E-state index in [-0.39, 0.29) is 18.4 Å². The first-order chi connectivity index (χ1) is 6.16. The lowest BCUT2D eigenvalue weighted by Crippen LogP contribution is -3.00. The molecule has 78 valence electrons. The lowest BCUT2D eigenvalue weighted by Gasteiger charge is -2.08. The van der Waals surface area contributed by atoms with E-state index in [0.29, 0.717) is 0 Å². The zero-order valence-corrected chi connectivity index (χ0v) is 9.04. The quantitative estimate of drug-likeness (QED) is 0.553. The maximum Gasteiger partial charge on any atom is 0.369 e. The number of aryl methyl sites for hydroxylation is 1. The largest absolute Gasteiger partial charge is 1.00 e. The molecule has 0 fully saturated rings. The van der Waals surface area contributed by atoms with Crippen molar-refractivity contribution in [1.29, 1.82) is 0 Å². The SMILES string of the molecule is COC(=O)[C@@H]([NH3+])c1ccccc1C.[Cl-]. The molecule has 1 aromatic rings. The first-order valence-electron chi connectivity index (χ1n) is 4.13. The Morgan fingerprint density at radius 2 is 2.00 bits per heavy atom. The van der Waals surface area contributed by atoms with E-state index in [4.69, 9.17) is 0 Å². The highest BCUT2D eigenvalue weighted by molar-refractivity contribution is 5.76. The maximum atomic E-state index is 11.2. The zero-order valence-electron chi connectivity index (χ0n) is 8.29. The van der Waals surface area contributed by atoms with Crippen molar-refractivity contribution in [2.24, 2.45) is 0 Å². The lowest BCUT2D eigenvalue weighted by atomic mass is 10.0. The Morgan fingerprint density at radius 1 is 1.43 bits per heavy atom. The second-order valence-corrected chi connectivity index (χ2v) is 2.93. The Balaban J connectivity index is 0.00000169. The van der Waals surface area contributed by atoms with Crippen LogP contribution in [0.3, 0.4) is 0 Å². The normalized spacial score (nSPS) is 11.4. The highest BCUT2D eigenvalue weighted by Gasteiger charge is 2.21. The molecular formula is C10H14ClNO2. The number of carbonyl (C=O) groups excluding carboxylic acids is 1. The highest BCUT2D eigenvalue weighted by atomic mass is 35.5. The van der Waals surface area contributed by atoms with Gasteiger partial charge in [0.15, 0.2) is 0 Å². The maximum absolute atomic E-state index is 11.2. The number of hydrogen-bond acceptors (Lipinski definition) is 2. The van der Waals surface area contributed by atoms with Crippen molar-refractivity contribution in [3.05, 3.63) is 35.4 Å². The minimum Gasteiger partial charge on any atom is -1.00 e. The molecule has 3 nitrogen and oxygen atoms in total. The number of benzene rings is 1. The van der Waals surface area contributed by atoms with Gasteiger partial charge in [0.2, 0.25) is 6.04 Å². The van der Waals surface area contributed by atoms with E-state index >= 15 is 0 Å². The van der Waals surface area contributed by atoms with Crippen molar-refractivity contribution < 1.29 is 27.7 Å². The van der Waals surface area contributed by atoms with Crippen molar-refractivity contribution >= 4 is 5.97 Å². The van der Waals surface area contributed by atoms with Gasteiger partial charge in [-0.25, -0.2) is 4.79 Å². The van der Waals surface area contributed by atoms with Gasteiger partial charge in [0.05, 0.1) is 7.11 Å². The van der Waals surface area contributed by atoms with Gasteiger partial charge in [-0.05, 0) is 12.5 Å². The van der Waals surface area contributed by atoms with Crippen molar-refractivity contribution in [2.75, 3.05) is 7.11 Å². The monoisotopic (exact) mass is 215 g/mol. The first-order valence-corrected chi connectivity index (χ1v) is 4.13. The molecule has 0 aliphatic heterocycles. The first kappa shape index (κ1) is 12.9. The van der Waals surface area contributed by atoms with Crippen LogP contribution in [0.15, 0.2) is 24.3 Å². The van der Waals surface area contributed by atoms with E-state index in [1.54, 1.807) is 0 Å². The van der Waals surface area contributed by atoms with Crippen LogP contribution in [-0.4, -0.2) is 13.1 Å². The third-order valence-electron chi connectivity index (χ3n) is 2.05.